The molecule has 5 rings (SSSR count). The minimum Gasteiger partial charge on any atom is -0.497 e. The van der Waals surface area contributed by atoms with Crippen molar-refractivity contribution in [2.45, 2.75) is 6.54 Å². The molecule has 12 heteroatoms. The van der Waals surface area contributed by atoms with Gasteiger partial charge >= 0.3 is 6.03 Å². The van der Waals surface area contributed by atoms with Crippen molar-refractivity contribution < 1.29 is 23.4 Å². The molecule has 0 aliphatic carbocycles. The first kappa shape index (κ1) is 28.0. The summed E-state index contributed by atoms with van der Waals surface area (Å²) < 4.78 is 34.0. The van der Waals surface area contributed by atoms with Crippen molar-refractivity contribution in [1.29, 1.82) is 0 Å². The van der Waals surface area contributed by atoms with E-state index in [9.17, 15) is 4.79 Å². The third-order valence-corrected chi connectivity index (χ3v) is 7.36. The molecule has 3 N–H and O–H groups in total. The summed E-state index contributed by atoms with van der Waals surface area (Å²) in [6.07, 6.45) is 3.46. The minimum atomic E-state index is -0.622. The second kappa shape index (κ2) is 12.8. The molecule has 10 nitrogen and oxygen atoms in total. The number of benzene rings is 2. The van der Waals surface area contributed by atoms with Crippen molar-refractivity contribution in [1.82, 2.24) is 19.9 Å². The van der Waals surface area contributed by atoms with Gasteiger partial charge in [-0.3, -0.25) is 4.98 Å². The highest BCUT2D eigenvalue weighted by atomic mass is 32.1. The van der Waals surface area contributed by atoms with E-state index in [2.05, 4.69) is 25.9 Å². The number of imidazole rings is 1. The van der Waals surface area contributed by atoms with Gasteiger partial charge in [0.2, 0.25) is 0 Å². The molecule has 3 heterocycles. The van der Waals surface area contributed by atoms with E-state index in [1.54, 1.807) is 56.8 Å². The van der Waals surface area contributed by atoms with Crippen molar-refractivity contribution in [3.63, 3.8) is 0 Å². The fraction of sp³-hybridized carbons (Fsp3) is 0.207. The number of fused-ring (bicyclic) bond motifs is 1. The lowest BCUT2D eigenvalue weighted by Crippen LogP contribution is -2.20. The van der Waals surface area contributed by atoms with Gasteiger partial charge in [0.1, 0.15) is 17.3 Å². The minimum absolute atomic E-state index is 0.0231. The number of methoxy groups -OCH3 is 2. The SMILES string of the molecule is COCCNCc1cnc(-c2cc3nccc(Oc4ccc(NC(=O)Nc5ccc(OC)cc5)cc4F)c3s2)n1C. The number of carbonyl (C=O) groups is 1. The van der Waals surface area contributed by atoms with E-state index in [4.69, 9.17) is 14.2 Å². The van der Waals surface area contributed by atoms with E-state index in [-0.39, 0.29) is 11.4 Å². The van der Waals surface area contributed by atoms with Gasteiger partial charge < -0.3 is 34.7 Å². The Kier molecular flexibility index (Phi) is 8.73. The van der Waals surface area contributed by atoms with E-state index in [1.165, 1.54) is 23.5 Å². The second-order valence-corrected chi connectivity index (χ2v) is 10.0. The van der Waals surface area contributed by atoms with E-state index >= 15 is 4.39 Å². The van der Waals surface area contributed by atoms with E-state index in [0.717, 1.165) is 33.2 Å². The van der Waals surface area contributed by atoms with E-state index in [1.807, 2.05) is 23.9 Å². The molecule has 2 amide bonds. The first-order valence-corrected chi connectivity index (χ1v) is 13.6. The highest BCUT2D eigenvalue weighted by Gasteiger charge is 2.17. The number of hydrogen-bond donors (Lipinski definition) is 3. The molecule has 0 fully saturated rings. The number of pyridine rings is 1. The first-order chi connectivity index (χ1) is 19.9. The molecule has 0 aliphatic rings. The number of anilines is 2. The van der Waals surface area contributed by atoms with Gasteiger partial charge in [-0.05, 0) is 42.5 Å². The molecule has 0 atom stereocenters. The number of thiophene rings is 1. The van der Waals surface area contributed by atoms with Crippen LogP contribution in [-0.4, -0.2) is 47.9 Å². The number of hydrogen-bond acceptors (Lipinski definition) is 8. The fourth-order valence-electron chi connectivity index (χ4n) is 4.08. The summed E-state index contributed by atoms with van der Waals surface area (Å²) in [5, 5.41) is 8.64. The molecule has 3 aromatic heterocycles. The third-order valence-electron chi connectivity index (χ3n) is 6.23. The number of nitrogens with zero attached hydrogens (tertiary/aromatic N) is 3. The summed E-state index contributed by atoms with van der Waals surface area (Å²) in [6, 6.07) is 14.2. The lowest BCUT2D eigenvalue weighted by atomic mass is 10.3. The Balaban J connectivity index is 1.28. The van der Waals surface area contributed by atoms with Crippen LogP contribution in [0, 0.1) is 5.82 Å². The molecular formula is C29H29FN6O4S. The average Bonchev–Trinajstić information content (AvgIpc) is 3.56. The number of urea groups is 1. The zero-order chi connectivity index (χ0) is 28.8. The number of carbonyl (C=O) groups excluding carboxylic acids is 1. The maximum atomic E-state index is 15.0. The van der Waals surface area contributed by atoms with Gasteiger partial charge in [-0.15, -0.1) is 11.3 Å². The summed E-state index contributed by atoms with van der Waals surface area (Å²) >= 11 is 1.47. The Morgan fingerprint density at radius 2 is 1.78 bits per heavy atom. The molecule has 0 spiro atoms. The van der Waals surface area contributed by atoms with Gasteiger partial charge in [-0.1, -0.05) is 0 Å². The highest BCUT2D eigenvalue weighted by Crippen LogP contribution is 2.39. The van der Waals surface area contributed by atoms with Crippen LogP contribution in [0.3, 0.4) is 0 Å². The molecule has 0 unspecified atom stereocenters. The summed E-state index contributed by atoms with van der Waals surface area (Å²) in [5.41, 5.74) is 2.60. The van der Waals surface area contributed by atoms with Crippen LogP contribution in [-0.2, 0) is 18.3 Å². The molecule has 0 saturated carbocycles. The summed E-state index contributed by atoms with van der Waals surface area (Å²) in [5.74, 6) is 1.35. The zero-order valence-corrected chi connectivity index (χ0v) is 23.5. The van der Waals surface area contributed by atoms with Crippen molar-refractivity contribution in [3.05, 3.63) is 78.5 Å². The largest absolute Gasteiger partial charge is 0.497 e. The molecular weight excluding hydrogens is 547 g/mol. The van der Waals surface area contributed by atoms with E-state index < -0.39 is 11.8 Å². The number of amides is 2. The van der Waals surface area contributed by atoms with Gasteiger partial charge in [-0.2, -0.15) is 0 Å². The molecule has 0 radical (unpaired) electrons. The van der Waals surface area contributed by atoms with E-state index in [0.29, 0.717) is 30.3 Å². The Labute approximate surface area is 240 Å². The normalized spacial score (nSPS) is 11.0. The molecule has 212 valence electrons. The Hall–Kier alpha value is -4.52. The van der Waals surface area contributed by atoms with Gasteiger partial charge in [0.05, 0.1) is 40.7 Å². The number of nitrogens with one attached hydrogen (secondary N) is 3. The number of rotatable bonds is 11. The summed E-state index contributed by atoms with van der Waals surface area (Å²) in [7, 11) is 5.20. The zero-order valence-electron chi connectivity index (χ0n) is 22.7. The fourth-order valence-corrected chi connectivity index (χ4v) is 5.18. The smallest absolute Gasteiger partial charge is 0.323 e. The van der Waals surface area contributed by atoms with Crippen LogP contribution in [0.1, 0.15) is 5.69 Å². The second-order valence-electron chi connectivity index (χ2n) is 8.99. The standard InChI is InChI=1S/C29H29FN6O4S/c1-36-20(16-31-12-13-38-2)17-33-28(36)26-15-23-27(41-26)25(10-11-32-23)40-24-9-6-19(14-22(24)30)35-29(37)34-18-4-7-21(39-3)8-5-18/h4-11,14-15,17,31H,12-13,16H2,1-3H3,(H2,34,35,37). The van der Waals surface area contributed by atoms with Gasteiger partial charge in [0.25, 0.3) is 0 Å². The predicted molar refractivity (Wildman–Crippen MR) is 158 cm³/mol. The average molecular weight is 577 g/mol. The maximum Gasteiger partial charge on any atom is 0.323 e. The van der Waals surface area contributed by atoms with Crippen LogP contribution in [0.15, 0.2) is 67.0 Å². The highest BCUT2D eigenvalue weighted by molar-refractivity contribution is 7.22. The summed E-state index contributed by atoms with van der Waals surface area (Å²) in [6.45, 7) is 2.04. The Bertz CT molecular complexity index is 1650. The Morgan fingerprint density at radius 3 is 2.54 bits per heavy atom. The van der Waals surface area contributed by atoms with Gasteiger partial charge in [0.15, 0.2) is 11.6 Å². The van der Waals surface area contributed by atoms with Crippen LogP contribution >= 0.6 is 11.3 Å². The predicted octanol–water partition coefficient (Wildman–Crippen LogP) is 6.02. The Morgan fingerprint density at radius 1 is 1.00 bits per heavy atom. The van der Waals surface area contributed by atoms with Crippen molar-refractivity contribution in [3.8, 4) is 28.0 Å². The van der Waals surface area contributed by atoms with Crippen LogP contribution < -0.4 is 25.4 Å². The monoisotopic (exact) mass is 576 g/mol. The first-order valence-electron chi connectivity index (χ1n) is 12.7. The van der Waals surface area contributed by atoms with Crippen molar-refractivity contribution >= 4 is 39.0 Å². The van der Waals surface area contributed by atoms with Crippen LogP contribution in [0.5, 0.6) is 17.2 Å². The maximum absolute atomic E-state index is 15.0. The molecule has 2 aromatic carbocycles. The molecule has 41 heavy (non-hydrogen) atoms. The lowest BCUT2D eigenvalue weighted by Gasteiger charge is -2.11. The third kappa shape index (κ3) is 6.62. The molecule has 0 bridgehead atoms. The number of aromatic nitrogens is 3. The molecule has 5 aromatic rings. The van der Waals surface area contributed by atoms with Gasteiger partial charge in [0, 0.05) is 57.0 Å². The van der Waals surface area contributed by atoms with Crippen molar-refractivity contribution in [2.24, 2.45) is 7.05 Å². The quantitative estimate of drug-likeness (QED) is 0.165. The number of ether oxygens (including phenoxy) is 3. The molecule has 0 aliphatic heterocycles. The molecule has 0 saturated heterocycles. The van der Waals surface area contributed by atoms with Gasteiger partial charge in [-0.25, -0.2) is 14.2 Å². The van der Waals surface area contributed by atoms with Crippen LogP contribution in [0.2, 0.25) is 0 Å². The number of halogens is 1. The van der Waals surface area contributed by atoms with Crippen molar-refractivity contribution in [2.75, 3.05) is 38.0 Å². The summed E-state index contributed by atoms with van der Waals surface area (Å²) in [4.78, 5) is 22.3. The van der Waals surface area contributed by atoms with Crippen LogP contribution in [0.25, 0.3) is 20.9 Å². The van der Waals surface area contributed by atoms with Crippen LogP contribution in [0.4, 0.5) is 20.6 Å². The topological polar surface area (TPSA) is 112 Å². The lowest BCUT2D eigenvalue weighted by molar-refractivity contribution is 0.199.